The number of methoxy groups -OCH3 is 1. The highest BCUT2D eigenvalue weighted by Gasteiger charge is 2.28. The molecule has 1 aromatic carbocycles. The van der Waals surface area contributed by atoms with Gasteiger partial charge in [-0.25, -0.2) is 9.59 Å². The van der Waals surface area contributed by atoms with Gasteiger partial charge in [-0.3, -0.25) is 9.69 Å². The molecule has 6 nitrogen and oxygen atoms in total. The van der Waals surface area contributed by atoms with Gasteiger partial charge in [-0.05, 0) is 62.6 Å². The molecule has 0 unspecified atom stereocenters. The van der Waals surface area contributed by atoms with Gasteiger partial charge in [-0.2, -0.15) is 0 Å². The number of hydrogen-bond donors (Lipinski definition) is 0. The lowest BCUT2D eigenvalue weighted by atomic mass is 9.95. The van der Waals surface area contributed by atoms with Gasteiger partial charge in [-0.15, -0.1) is 0 Å². The van der Waals surface area contributed by atoms with Gasteiger partial charge in [0.05, 0.1) is 25.8 Å². The summed E-state index contributed by atoms with van der Waals surface area (Å²) in [6.07, 6.45) is 1.02. The molecule has 1 amide bonds. The molecule has 134 valence electrons. The highest BCUT2D eigenvalue weighted by molar-refractivity contribution is 6.02. The van der Waals surface area contributed by atoms with Crippen molar-refractivity contribution in [3.63, 3.8) is 0 Å². The number of nitrogens with zero attached hydrogens (tertiary/aromatic N) is 1. The summed E-state index contributed by atoms with van der Waals surface area (Å²) in [4.78, 5) is 37.3. The molecule has 0 bridgehead atoms. The number of carbonyl (C=O) groups is 3. The van der Waals surface area contributed by atoms with Crippen LogP contribution in [0.2, 0.25) is 0 Å². The third kappa shape index (κ3) is 4.68. The first kappa shape index (κ1) is 18.7. The summed E-state index contributed by atoms with van der Waals surface area (Å²) in [7, 11) is 1.33. The highest BCUT2D eigenvalue weighted by Crippen LogP contribution is 2.25. The summed E-state index contributed by atoms with van der Waals surface area (Å²) in [5.74, 6) is -0.581. The maximum absolute atomic E-state index is 12.3. The normalized spacial score (nSPS) is 14.8. The molecule has 0 fully saturated rings. The van der Waals surface area contributed by atoms with Gasteiger partial charge in [0, 0.05) is 0 Å². The molecule has 1 aliphatic rings. The molecule has 0 aromatic heterocycles. The number of ether oxygens (including phenoxy) is 2. The predicted octanol–water partition coefficient (Wildman–Crippen LogP) is 2.98. The zero-order valence-electron chi connectivity index (χ0n) is 15.2. The van der Waals surface area contributed by atoms with Crippen LogP contribution >= 0.6 is 0 Å². The molecule has 0 saturated carbocycles. The fourth-order valence-electron chi connectivity index (χ4n) is 2.62. The monoisotopic (exact) mass is 345 g/mol. The van der Waals surface area contributed by atoms with Crippen molar-refractivity contribution in [1.29, 1.82) is 0 Å². The van der Waals surface area contributed by atoms with E-state index in [1.807, 2.05) is 6.92 Å². The SMILES string of the molecule is COC(=O)c1ccc(C2=CC(=O)CN(C(=O)OC(C)(C)C)C2)c(C)c1. The van der Waals surface area contributed by atoms with E-state index < -0.39 is 17.7 Å². The molecule has 0 atom stereocenters. The summed E-state index contributed by atoms with van der Waals surface area (Å²) in [6.45, 7) is 7.46. The van der Waals surface area contributed by atoms with Crippen LogP contribution in [0, 0.1) is 6.92 Å². The Hall–Kier alpha value is -2.63. The van der Waals surface area contributed by atoms with Crippen molar-refractivity contribution >= 4 is 23.4 Å². The zero-order chi connectivity index (χ0) is 18.8. The summed E-state index contributed by atoms with van der Waals surface area (Å²) in [5.41, 5.74) is 2.17. The lowest BCUT2D eigenvalue weighted by molar-refractivity contribution is -0.116. The molecule has 0 radical (unpaired) electrons. The molecule has 6 heteroatoms. The predicted molar refractivity (Wildman–Crippen MR) is 93.3 cm³/mol. The van der Waals surface area contributed by atoms with Crippen LogP contribution in [0.3, 0.4) is 0 Å². The summed E-state index contributed by atoms with van der Waals surface area (Å²) in [5, 5.41) is 0. The summed E-state index contributed by atoms with van der Waals surface area (Å²) in [6, 6.07) is 5.12. The lowest BCUT2D eigenvalue weighted by Gasteiger charge is -2.30. The molecule has 0 spiro atoms. The summed E-state index contributed by atoms with van der Waals surface area (Å²) >= 11 is 0. The van der Waals surface area contributed by atoms with E-state index >= 15 is 0 Å². The first-order valence-electron chi connectivity index (χ1n) is 8.01. The average molecular weight is 345 g/mol. The summed E-state index contributed by atoms with van der Waals surface area (Å²) < 4.78 is 10.1. The molecule has 0 N–H and O–H groups in total. The number of carbonyl (C=O) groups excluding carboxylic acids is 3. The third-order valence-corrected chi connectivity index (χ3v) is 3.69. The number of esters is 1. The van der Waals surface area contributed by atoms with Crippen LogP contribution in [0.1, 0.15) is 42.3 Å². The third-order valence-electron chi connectivity index (χ3n) is 3.69. The van der Waals surface area contributed by atoms with Crippen molar-refractivity contribution in [3.05, 3.63) is 41.0 Å². The molecule has 0 saturated heterocycles. The van der Waals surface area contributed by atoms with E-state index in [0.29, 0.717) is 5.56 Å². The molecule has 1 aromatic rings. The van der Waals surface area contributed by atoms with Gasteiger partial charge in [0.1, 0.15) is 5.60 Å². The Balaban J connectivity index is 2.26. The number of ketones is 1. The van der Waals surface area contributed by atoms with E-state index in [2.05, 4.69) is 0 Å². The van der Waals surface area contributed by atoms with E-state index in [9.17, 15) is 14.4 Å². The second kappa shape index (κ2) is 7.09. The Bertz CT molecular complexity index is 743. The van der Waals surface area contributed by atoms with Crippen molar-refractivity contribution in [1.82, 2.24) is 4.90 Å². The fourth-order valence-corrected chi connectivity index (χ4v) is 2.62. The van der Waals surface area contributed by atoms with Crippen molar-refractivity contribution in [2.24, 2.45) is 0 Å². The van der Waals surface area contributed by atoms with Crippen molar-refractivity contribution < 1.29 is 23.9 Å². The molecule has 25 heavy (non-hydrogen) atoms. The maximum atomic E-state index is 12.3. The average Bonchev–Trinajstić information content (AvgIpc) is 2.51. The van der Waals surface area contributed by atoms with Crippen LogP contribution in [-0.2, 0) is 14.3 Å². The molecular formula is C19H23NO5. The minimum atomic E-state index is -0.625. The number of benzene rings is 1. The van der Waals surface area contributed by atoms with Crippen molar-refractivity contribution in [3.8, 4) is 0 Å². The molecular weight excluding hydrogens is 322 g/mol. The number of hydrogen-bond acceptors (Lipinski definition) is 5. The quantitative estimate of drug-likeness (QED) is 0.771. The first-order valence-corrected chi connectivity index (χ1v) is 8.01. The highest BCUT2D eigenvalue weighted by atomic mass is 16.6. The van der Waals surface area contributed by atoms with Gasteiger partial charge >= 0.3 is 12.1 Å². The van der Waals surface area contributed by atoms with E-state index in [4.69, 9.17) is 9.47 Å². The topological polar surface area (TPSA) is 72.9 Å². The Morgan fingerprint density at radius 2 is 1.84 bits per heavy atom. The molecule has 1 heterocycles. The fraction of sp³-hybridized carbons (Fsp3) is 0.421. The van der Waals surface area contributed by atoms with Crippen molar-refractivity contribution in [2.75, 3.05) is 20.2 Å². The molecule has 2 rings (SSSR count). The van der Waals surface area contributed by atoms with Gasteiger partial charge in [0.15, 0.2) is 5.78 Å². The zero-order valence-corrected chi connectivity index (χ0v) is 15.2. The number of rotatable bonds is 2. The second-order valence-corrected chi connectivity index (χ2v) is 6.99. The first-order chi connectivity index (χ1) is 11.6. The largest absolute Gasteiger partial charge is 0.465 e. The van der Waals surface area contributed by atoms with E-state index in [-0.39, 0.29) is 18.9 Å². The van der Waals surface area contributed by atoms with Crippen LogP contribution < -0.4 is 0 Å². The number of aryl methyl sites for hydroxylation is 1. The van der Waals surface area contributed by atoms with Crippen LogP contribution in [0.15, 0.2) is 24.3 Å². The maximum Gasteiger partial charge on any atom is 0.411 e. The van der Waals surface area contributed by atoms with Crippen LogP contribution in [0.25, 0.3) is 5.57 Å². The minimum Gasteiger partial charge on any atom is -0.465 e. The molecule has 1 aliphatic heterocycles. The van der Waals surface area contributed by atoms with E-state index in [0.717, 1.165) is 16.7 Å². The number of amides is 1. The van der Waals surface area contributed by atoms with E-state index in [1.54, 1.807) is 45.0 Å². The van der Waals surface area contributed by atoms with Gasteiger partial charge in [0.2, 0.25) is 0 Å². The van der Waals surface area contributed by atoms with Gasteiger partial charge in [-0.1, -0.05) is 6.07 Å². The van der Waals surface area contributed by atoms with Crippen LogP contribution in [-0.4, -0.2) is 48.5 Å². The molecule has 0 aliphatic carbocycles. The van der Waals surface area contributed by atoms with Gasteiger partial charge < -0.3 is 9.47 Å². The minimum absolute atomic E-state index is 0.00228. The Morgan fingerprint density at radius 1 is 1.16 bits per heavy atom. The van der Waals surface area contributed by atoms with Crippen molar-refractivity contribution in [2.45, 2.75) is 33.3 Å². The van der Waals surface area contributed by atoms with Gasteiger partial charge in [0.25, 0.3) is 0 Å². The van der Waals surface area contributed by atoms with E-state index in [1.165, 1.54) is 12.0 Å². The Kier molecular flexibility index (Phi) is 5.30. The smallest absolute Gasteiger partial charge is 0.411 e. The lowest BCUT2D eigenvalue weighted by Crippen LogP contribution is -2.42. The second-order valence-electron chi connectivity index (χ2n) is 6.99. The standard InChI is InChI=1S/C19H23NO5/c1-12-8-13(17(22)24-5)6-7-16(12)14-9-15(21)11-20(10-14)18(23)25-19(2,3)4/h6-9H,10-11H2,1-5H3. The Morgan fingerprint density at radius 3 is 2.40 bits per heavy atom. The van der Waals surface area contributed by atoms with Crippen LogP contribution in [0.5, 0.6) is 0 Å². The Labute approximate surface area is 147 Å². The van der Waals surface area contributed by atoms with Crippen LogP contribution in [0.4, 0.5) is 4.79 Å².